The van der Waals surface area contributed by atoms with Crippen molar-refractivity contribution in [2.45, 2.75) is 57.7 Å². The molecule has 3 atom stereocenters. The van der Waals surface area contributed by atoms with Crippen LogP contribution >= 0.6 is 0 Å². The summed E-state index contributed by atoms with van der Waals surface area (Å²) in [6.45, 7) is 5.78. The fourth-order valence-electron chi connectivity index (χ4n) is 3.07. The molecule has 19 heavy (non-hydrogen) atoms. The summed E-state index contributed by atoms with van der Waals surface area (Å²) < 4.78 is 0. The zero-order valence-electron chi connectivity index (χ0n) is 12.5. The number of nitrogens with zero attached hydrogens (tertiary/aromatic N) is 2. The van der Waals surface area contributed by atoms with Crippen LogP contribution in [-0.2, 0) is 0 Å². The molecule has 2 rings (SSSR count). The molecule has 1 aliphatic heterocycles. The van der Waals surface area contributed by atoms with E-state index in [-0.39, 0.29) is 0 Å². The van der Waals surface area contributed by atoms with Crippen molar-refractivity contribution in [1.29, 1.82) is 0 Å². The first-order chi connectivity index (χ1) is 9.16. The Morgan fingerprint density at radius 1 is 1.42 bits per heavy atom. The van der Waals surface area contributed by atoms with Crippen molar-refractivity contribution in [2.75, 3.05) is 13.6 Å². The fraction of sp³-hybridized carbons (Fsp3) is 0.688. The molecule has 1 aromatic heterocycles. The van der Waals surface area contributed by atoms with Gasteiger partial charge < -0.3 is 10.2 Å². The first-order valence-electron chi connectivity index (χ1n) is 7.53. The van der Waals surface area contributed by atoms with Gasteiger partial charge >= 0.3 is 0 Å². The Kier molecular flexibility index (Phi) is 5.34. The van der Waals surface area contributed by atoms with Crippen LogP contribution in [0.25, 0.3) is 0 Å². The van der Waals surface area contributed by atoms with E-state index in [9.17, 15) is 0 Å². The lowest BCUT2D eigenvalue weighted by Gasteiger charge is -2.35. The Bertz CT molecular complexity index is 366. The smallest absolute Gasteiger partial charge is 0.0315 e. The third kappa shape index (κ3) is 4.29. The minimum atomic E-state index is 0.373. The molecule has 0 bridgehead atoms. The second kappa shape index (κ2) is 7.01. The van der Waals surface area contributed by atoms with E-state index in [1.54, 1.807) is 0 Å². The Morgan fingerprint density at radius 3 is 2.95 bits per heavy atom. The van der Waals surface area contributed by atoms with Gasteiger partial charge in [-0.05, 0) is 58.3 Å². The predicted octanol–water partition coefficient (Wildman–Crippen LogP) is 3.00. The molecule has 0 radical (unpaired) electrons. The molecular formula is C16H27N3. The van der Waals surface area contributed by atoms with E-state index in [0.29, 0.717) is 12.1 Å². The first kappa shape index (κ1) is 14.5. The van der Waals surface area contributed by atoms with E-state index >= 15 is 0 Å². The molecule has 1 fully saturated rings. The minimum absolute atomic E-state index is 0.373. The highest BCUT2D eigenvalue weighted by atomic mass is 15.1. The summed E-state index contributed by atoms with van der Waals surface area (Å²) in [4.78, 5) is 6.72. The molecule has 0 spiro atoms. The molecule has 2 heterocycles. The van der Waals surface area contributed by atoms with Gasteiger partial charge in [0.1, 0.15) is 0 Å². The number of pyridine rings is 1. The Hall–Kier alpha value is -0.930. The molecule has 1 N–H and O–H groups in total. The van der Waals surface area contributed by atoms with Crippen molar-refractivity contribution in [3.8, 4) is 0 Å². The topological polar surface area (TPSA) is 28.2 Å². The van der Waals surface area contributed by atoms with E-state index in [2.05, 4.69) is 42.2 Å². The summed E-state index contributed by atoms with van der Waals surface area (Å²) in [5, 5.41) is 3.70. The monoisotopic (exact) mass is 261 g/mol. The summed E-state index contributed by atoms with van der Waals surface area (Å²) >= 11 is 0. The SMILES string of the molecule is CC(CC1CCCCN1C)NC(C)c1cccnc1. The maximum atomic E-state index is 4.19. The van der Waals surface area contributed by atoms with E-state index in [4.69, 9.17) is 0 Å². The highest BCUT2D eigenvalue weighted by molar-refractivity contribution is 5.12. The number of hydrogen-bond acceptors (Lipinski definition) is 3. The van der Waals surface area contributed by atoms with Gasteiger partial charge in [-0.25, -0.2) is 0 Å². The Morgan fingerprint density at radius 2 is 2.26 bits per heavy atom. The van der Waals surface area contributed by atoms with Crippen molar-refractivity contribution in [3.63, 3.8) is 0 Å². The quantitative estimate of drug-likeness (QED) is 0.883. The van der Waals surface area contributed by atoms with Gasteiger partial charge in [0, 0.05) is 30.5 Å². The number of piperidine rings is 1. The van der Waals surface area contributed by atoms with Gasteiger partial charge in [0.25, 0.3) is 0 Å². The second-order valence-electron chi connectivity index (χ2n) is 5.94. The number of rotatable bonds is 5. The molecule has 3 nitrogen and oxygen atoms in total. The maximum absolute atomic E-state index is 4.19. The van der Waals surface area contributed by atoms with Crippen molar-refractivity contribution < 1.29 is 0 Å². The summed E-state index contributed by atoms with van der Waals surface area (Å²) in [6, 6.07) is 5.81. The zero-order chi connectivity index (χ0) is 13.7. The van der Waals surface area contributed by atoms with Gasteiger partial charge in [-0.15, -0.1) is 0 Å². The van der Waals surface area contributed by atoms with Crippen molar-refractivity contribution in [1.82, 2.24) is 15.2 Å². The highest BCUT2D eigenvalue weighted by Gasteiger charge is 2.21. The van der Waals surface area contributed by atoms with E-state index < -0.39 is 0 Å². The van der Waals surface area contributed by atoms with Crippen LogP contribution in [0.5, 0.6) is 0 Å². The van der Waals surface area contributed by atoms with Crippen molar-refractivity contribution >= 4 is 0 Å². The molecule has 0 aliphatic carbocycles. The molecule has 1 aliphatic rings. The van der Waals surface area contributed by atoms with Crippen LogP contribution in [0.4, 0.5) is 0 Å². The van der Waals surface area contributed by atoms with E-state index in [0.717, 1.165) is 6.04 Å². The molecule has 0 saturated carbocycles. The number of hydrogen-bond donors (Lipinski definition) is 1. The molecular weight excluding hydrogens is 234 g/mol. The van der Waals surface area contributed by atoms with Gasteiger partial charge in [0.15, 0.2) is 0 Å². The van der Waals surface area contributed by atoms with Crippen LogP contribution in [0.3, 0.4) is 0 Å². The largest absolute Gasteiger partial charge is 0.308 e. The summed E-state index contributed by atoms with van der Waals surface area (Å²) in [5.41, 5.74) is 1.27. The molecule has 1 saturated heterocycles. The first-order valence-corrected chi connectivity index (χ1v) is 7.53. The molecule has 3 heteroatoms. The van der Waals surface area contributed by atoms with Gasteiger partial charge in [-0.1, -0.05) is 12.5 Å². The van der Waals surface area contributed by atoms with Gasteiger partial charge in [0.05, 0.1) is 0 Å². The van der Waals surface area contributed by atoms with Crippen LogP contribution in [-0.4, -0.2) is 35.6 Å². The lowest BCUT2D eigenvalue weighted by Crippen LogP contribution is -2.41. The Labute approximate surface area is 117 Å². The van der Waals surface area contributed by atoms with E-state index in [1.165, 1.54) is 37.8 Å². The molecule has 1 aromatic rings. The third-order valence-corrected chi connectivity index (χ3v) is 4.27. The average molecular weight is 261 g/mol. The third-order valence-electron chi connectivity index (χ3n) is 4.27. The summed E-state index contributed by atoms with van der Waals surface area (Å²) in [6.07, 6.45) is 9.12. The highest BCUT2D eigenvalue weighted by Crippen LogP contribution is 2.20. The minimum Gasteiger partial charge on any atom is -0.308 e. The van der Waals surface area contributed by atoms with Crippen LogP contribution in [0, 0.1) is 0 Å². The van der Waals surface area contributed by atoms with Crippen LogP contribution < -0.4 is 5.32 Å². The predicted molar refractivity (Wildman–Crippen MR) is 80.1 cm³/mol. The van der Waals surface area contributed by atoms with Gasteiger partial charge in [-0.3, -0.25) is 4.98 Å². The second-order valence-corrected chi connectivity index (χ2v) is 5.94. The van der Waals surface area contributed by atoms with Crippen LogP contribution in [0.2, 0.25) is 0 Å². The summed E-state index contributed by atoms with van der Waals surface area (Å²) in [7, 11) is 2.26. The number of likely N-dealkylation sites (tertiary alicyclic amines) is 1. The van der Waals surface area contributed by atoms with Crippen molar-refractivity contribution in [3.05, 3.63) is 30.1 Å². The van der Waals surface area contributed by atoms with Gasteiger partial charge in [0.2, 0.25) is 0 Å². The lowest BCUT2D eigenvalue weighted by molar-refractivity contribution is 0.163. The average Bonchev–Trinajstić information content (AvgIpc) is 2.42. The molecule has 0 aromatic carbocycles. The Balaban J connectivity index is 1.82. The number of aromatic nitrogens is 1. The molecule has 0 amide bonds. The van der Waals surface area contributed by atoms with Crippen LogP contribution in [0.15, 0.2) is 24.5 Å². The maximum Gasteiger partial charge on any atom is 0.0315 e. The lowest BCUT2D eigenvalue weighted by atomic mass is 9.96. The number of nitrogens with one attached hydrogen (secondary N) is 1. The standard InChI is InChI=1S/C16H27N3/c1-13(11-16-8-4-5-10-19(16)3)18-14(2)15-7-6-9-17-12-15/h6-7,9,12-14,16,18H,4-5,8,10-11H2,1-3H3. The molecule has 3 unspecified atom stereocenters. The fourth-order valence-corrected chi connectivity index (χ4v) is 3.07. The normalized spacial score (nSPS) is 24.1. The van der Waals surface area contributed by atoms with Gasteiger partial charge in [-0.2, -0.15) is 0 Å². The zero-order valence-corrected chi connectivity index (χ0v) is 12.5. The molecule has 106 valence electrons. The van der Waals surface area contributed by atoms with Crippen LogP contribution in [0.1, 0.15) is 51.1 Å². The summed E-state index contributed by atoms with van der Waals surface area (Å²) in [5.74, 6) is 0. The van der Waals surface area contributed by atoms with E-state index in [1.807, 2.05) is 18.5 Å². The van der Waals surface area contributed by atoms with Crippen molar-refractivity contribution in [2.24, 2.45) is 0 Å².